The van der Waals surface area contributed by atoms with Crippen LogP contribution in [0.25, 0.3) is 5.69 Å². The van der Waals surface area contributed by atoms with Gasteiger partial charge in [-0.15, -0.1) is 0 Å². The van der Waals surface area contributed by atoms with Crippen molar-refractivity contribution in [1.82, 2.24) is 9.55 Å². The minimum Gasteiger partial charge on any atom is -0.320 e. The molecule has 0 aliphatic heterocycles. The molecule has 1 amide bonds. The predicted molar refractivity (Wildman–Crippen MR) is 91.1 cm³/mol. The van der Waals surface area contributed by atoms with Gasteiger partial charge >= 0.3 is 0 Å². The van der Waals surface area contributed by atoms with E-state index in [2.05, 4.69) is 10.3 Å². The van der Waals surface area contributed by atoms with Crippen molar-refractivity contribution in [2.45, 2.75) is 4.90 Å². The molecule has 1 aromatic heterocycles. The van der Waals surface area contributed by atoms with E-state index in [9.17, 15) is 13.2 Å². The molecule has 1 heterocycles. The maximum absolute atomic E-state index is 12.5. The highest BCUT2D eigenvalue weighted by molar-refractivity contribution is 7.90. The molecule has 0 aliphatic carbocycles. The smallest absolute Gasteiger partial charge is 0.255 e. The van der Waals surface area contributed by atoms with Crippen LogP contribution in [0.3, 0.4) is 0 Å². The highest BCUT2D eigenvalue weighted by Gasteiger charge is 2.13. The molecule has 0 atom stereocenters. The maximum Gasteiger partial charge on any atom is 0.255 e. The predicted octanol–water partition coefficient (Wildman–Crippen LogP) is 2.53. The van der Waals surface area contributed by atoms with Gasteiger partial charge in [0.05, 0.1) is 22.6 Å². The summed E-state index contributed by atoms with van der Waals surface area (Å²) in [7, 11) is -3.37. The molecule has 0 saturated heterocycles. The van der Waals surface area contributed by atoms with E-state index in [1.54, 1.807) is 41.5 Å². The number of carbonyl (C=O) groups excluding carboxylic acids is 1. The van der Waals surface area contributed by atoms with Crippen LogP contribution in [0.15, 0.2) is 72.1 Å². The Kier molecular flexibility index (Phi) is 4.18. The van der Waals surface area contributed by atoms with Crippen molar-refractivity contribution in [1.29, 1.82) is 0 Å². The van der Waals surface area contributed by atoms with Crippen molar-refractivity contribution < 1.29 is 13.2 Å². The molecule has 3 aromatic rings. The van der Waals surface area contributed by atoms with Crippen molar-refractivity contribution >= 4 is 21.4 Å². The van der Waals surface area contributed by atoms with Crippen LogP contribution in [0.5, 0.6) is 0 Å². The van der Waals surface area contributed by atoms with Gasteiger partial charge in [-0.2, -0.15) is 0 Å². The third-order valence-electron chi connectivity index (χ3n) is 3.46. The first-order valence-corrected chi connectivity index (χ1v) is 9.03. The van der Waals surface area contributed by atoms with Gasteiger partial charge < -0.3 is 9.88 Å². The molecule has 0 unspecified atom stereocenters. The monoisotopic (exact) mass is 341 g/mol. The van der Waals surface area contributed by atoms with Crippen molar-refractivity contribution in [2.24, 2.45) is 0 Å². The normalized spacial score (nSPS) is 11.2. The molecule has 0 bridgehead atoms. The van der Waals surface area contributed by atoms with E-state index >= 15 is 0 Å². The van der Waals surface area contributed by atoms with E-state index in [0.717, 1.165) is 11.9 Å². The number of benzene rings is 2. The Bertz CT molecular complexity index is 980. The van der Waals surface area contributed by atoms with Crippen LogP contribution >= 0.6 is 0 Å². The summed E-state index contributed by atoms with van der Waals surface area (Å²) in [5.41, 5.74) is 1.64. The number of imidazole rings is 1. The third kappa shape index (κ3) is 3.36. The second-order valence-electron chi connectivity index (χ2n) is 5.24. The highest BCUT2D eigenvalue weighted by atomic mass is 32.2. The Morgan fingerprint density at radius 3 is 2.62 bits per heavy atom. The van der Waals surface area contributed by atoms with Crippen LogP contribution in [0, 0.1) is 0 Å². The zero-order chi connectivity index (χ0) is 17.2. The molecule has 122 valence electrons. The van der Waals surface area contributed by atoms with Gasteiger partial charge in [0, 0.05) is 24.2 Å². The Morgan fingerprint density at radius 2 is 1.92 bits per heavy atom. The second kappa shape index (κ2) is 6.29. The third-order valence-corrected chi connectivity index (χ3v) is 4.57. The summed E-state index contributed by atoms with van der Waals surface area (Å²) in [6.07, 6.45) is 6.16. The quantitative estimate of drug-likeness (QED) is 0.791. The highest BCUT2D eigenvalue weighted by Crippen LogP contribution is 2.21. The van der Waals surface area contributed by atoms with Crippen LogP contribution in [0.4, 0.5) is 5.69 Å². The molecule has 0 aliphatic rings. The molecule has 0 saturated carbocycles. The van der Waals surface area contributed by atoms with Crippen LogP contribution < -0.4 is 5.32 Å². The van der Waals surface area contributed by atoms with Gasteiger partial charge in [-0.1, -0.05) is 18.2 Å². The standard InChI is InChI=1S/C17H15N3O3S/c1-24(22,23)14-6-4-5-13(11-14)17(21)19-15-7-2-3-8-16(15)20-10-9-18-12-20/h2-12H,1H3,(H,19,21). The number of sulfone groups is 1. The number of amides is 1. The molecule has 2 aromatic carbocycles. The van der Waals surface area contributed by atoms with E-state index in [1.165, 1.54) is 12.1 Å². The molecule has 0 spiro atoms. The van der Waals surface area contributed by atoms with Crippen molar-refractivity contribution in [3.8, 4) is 5.69 Å². The average molecular weight is 341 g/mol. The summed E-state index contributed by atoms with van der Waals surface area (Å²) in [6, 6.07) is 13.2. The van der Waals surface area contributed by atoms with Crippen molar-refractivity contribution in [2.75, 3.05) is 11.6 Å². The fraction of sp³-hybridized carbons (Fsp3) is 0.0588. The maximum atomic E-state index is 12.5. The second-order valence-corrected chi connectivity index (χ2v) is 7.26. The van der Waals surface area contributed by atoms with E-state index in [0.29, 0.717) is 5.69 Å². The largest absolute Gasteiger partial charge is 0.320 e. The fourth-order valence-electron chi connectivity index (χ4n) is 2.27. The van der Waals surface area contributed by atoms with Gasteiger partial charge in [0.2, 0.25) is 0 Å². The molecule has 0 radical (unpaired) electrons. The number of hydrogen-bond acceptors (Lipinski definition) is 4. The summed E-state index contributed by atoms with van der Waals surface area (Å²) < 4.78 is 25.0. The number of carbonyl (C=O) groups is 1. The number of rotatable bonds is 4. The van der Waals surface area contributed by atoms with E-state index < -0.39 is 9.84 Å². The SMILES string of the molecule is CS(=O)(=O)c1cccc(C(=O)Nc2ccccc2-n2ccnc2)c1. The average Bonchev–Trinajstić information content (AvgIpc) is 3.09. The van der Waals surface area contributed by atoms with Crippen molar-refractivity contribution in [3.05, 3.63) is 72.8 Å². The number of nitrogens with one attached hydrogen (secondary N) is 1. The Balaban J connectivity index is 1.92. The van der Waals surface area contributed by atoms with E-state index in [4.69, 9.17) is 0 Å². The lowest BCUT2D eigenvalue weighted by atomic mass is 10.2. The molecule has 1 N–H and O–H groups in total. The van der Waals surface area contributed by atoms with E-state index in [-0.39, 0.29) is 16.4 Å². The first kappa shape index (κ1) is 15.9. The lowest BCUT2D eigenvalue weighted by Crippen LogP contribution is -2.14. The summed E-state index contributed by atoms with van der Waals surface area (Å²) in [6.45, 7) is 0. The topological polar surface area (TPSA) is 81.1 Å². The Labute approximate surface area is 139 Å². The van der Waals surface area contributed by atoms with Crippen LogP contribution in [0.2, 0.25) is 0 Å². The number of aromatic nitrogens is 2. The summed E-state index contributed by atoms with van der Waals surface area (Å²) in [5.74, 6) is -0.381. The number of anilines is 1. The summed E-state index contributed by atoms with van der Waals surface area (Å²) >= 11 is 0. The van der Waals surface area contributed by atoms with Gasteiger partial charge in [-0.05, 0) is 30.3 Å². The summed E-state index contributed by atoms with van der Waals surface area (Å²) in [5, 5.41) is 2.81. The minimum atomic E-state index is -3.37. The molecule has 24 heavy (non-hydrogen) atoms. The lowest BCUT2D eigenvalue weighted by molar-refractivity contribution is 0.102. The van der Waals surface area contributed by atoms with E-state index in [1.807, 2.05) is 18.2 Å². The number of para-hydroxylation sites is 2. The van der Waals surface area contributed by atoms with Gasteiger partial charge in [0.15, 0.2) is 9.84 Å². The lowest BCUT2D eigenvalue weighted by Gasteiger charge is -2.12. The van der Waals surface area contributed by atoms with Crippen molar-refractivity contribution in [3.63, 3.8) is 0 Å². The van der Waals surface area contributed by atoms with Gasteiger partial charge in [0.25, 0.3) is 5.91 Å². The fourth-order valence-corrected chi connectivity index (χ4v) is 2.94. The van der Waals surface area contributed by atoms with Crippen LogP contribution in [-0.2, 0) is 9.84 Å². The van der Waals surface area contributed by atoms with Gasteiger partial charge in [0.1, 0.15) is 0 Å². The molecule has 0 fully saturated rings. The zero-order valence-electron chi connectivity index (χ0n) is 12.9. The van der Waals surface area contributed by atoms with Gasteiger partial charge in [-0.25, -0.2) is 13.4 Å². The number of nitrogens with zero attached hydrogens (tertiary/aromatic N) is 2. The summed E-state index contributed by atoms with van der Waals surface area (Å²) in [4.78, 5) is 16.6. The first-order chi connectivity index (χ1) is 11.4. The molecule has 7 heteroatoms. The zero-order valence-corrected chi connectivity index (χ0v) is 13.7. The van der Waals surface area contributed by atoms with Crippen LogP contribution in [-0.4, -0.2) is 30.1 Å². The molecule has 3 rings (SSSR count). The molecular weight excluding hydrogens is 326 g/mol. The Hall–Kier alpha value is -2.93. The molecular formula is C17H15N3O3S. The van der Waals surface area contributed by atoms with Gasteiger partial charge in [-0.3, -0.25) is 4.79 Å². The first-order valence-electron chi connectivity index (χ1n) is 7.14. The van der Waals surface area contributed by atoms with Crippen LogP contribution in [0.1, 0.15) is 10.4 Å². The Morgan fingerprint density at radius 1 is 1.12 bits per heavy atom. The minimum absolute atomic E-state index is 0.109. The number of hydrogen-bond donors (Lipinski definition) is 1. The molecule has 6 nitrogen and oxygen atoms in total.